The molecule has 0 aliphatic carbocycles. The predicted octanol–water partition coefficient (Wildman–Crippen LogP) is 3.42. The van der Waals surface area contributed by atoms with E-state index < -0.39 is 0 Å². The number of hydrogen-bond acceptors (Lipinski definition) is 5. The molecule has 0 bridgehead atoms. The zero-order valence-corrected chi connectivity index (χ0v) is 12.6. The summed E-state index contributed by atoms with van der Waals surface area (Å²) >= 11 is 5.99. The second-order valence-electron chi connectivity index (χ2n) is 4.29. The van der Waals surface area contributed by atoms with E-state index in [4.69, 9.17) is 11.6 Å². The van der Waals surface area contributed by atoms with E-state index in [0.717, 1.165) is 24.3 Å². The number of halogens is 1. The summed E-state index contributed by atoms with van der Waals surface area (Å²) in [6, 6.07) is 8.12. The molecule has 0 saturated carbocycles. The Bertz CT molecular complexity index is 588. The van der Waals surface area contributed by atoms with Crippen LogP contribution in [-0.4, -0.2) is 28.0 Å². The quantitative estimate of drug-likeness (QED) is 0.915. The molecular weight excluding hydrogens is 274 g/mol. The first-order valence-corrected chi connectivity index (χ1v) is 7.02. The van der Waals surface area contributed by atoms with Crippen LogP contribution in [0.4, 0.5) is 17.6 Å². The molecular formula is C14H18ClN5. The summed E-state index contributed by atoms with van der Waals surface area (Å²) in [4.78, 5) is 14.7. The van der Waals surface area contributed by atoms with Crippen LogP contribution in [0, 0.1) is 6.92 Å². The highest BCUT2D eigenvalue weighted by atomic mass is 35.5. The minimum absolute atomic E-state index is 0.193. The number of rotatable bonds is 5. The van der Waals surface area contributed by atoms with Gasteiger partial charge in [-0.2, -0.15) is 15.0 Å². The minimum atomic E-state index is 0.193. The number of nitrogens with one attached hydrogen (secondary N) is 1. The molecule has 0 aliphatic rings. The molecule has 1 N–H and O–H groups in total. The zero-order valence-electron chi connectivity index (χ0n) is 11.9. The third-order valence-electron chi connectivity index (χ3n) is 2.90. The van der Waals surface area contributed by atoms with E-state index in [-0.39, 0.29) is 5.28 Å². The highest BCUT2D eigenvalue weighted by molar-refractivity contribution is 6.28. The summed E-state index contributed by atoms with van der Waals surface area (Å²) in [6.45, 7) is 7.58. The summed E-state index contributed by atoms with van der Waals surface area (Å²) in [6.07, 6.45) is 0. The summed E-state index contributed by atoms with van der Waals surface area (Å²) in [5, 5.41) is 3.25. The molecule has 20 heavy (non-hydrogen) atoms. The van der Waals surface area contributed by atoms with Crippen LogP contribution in [0.15, 0.2) is 24.3 Å². The monoisotopic (exact) mass is 291 g/mol. The van der Waals surface area contributed by atoms with Crippen molar-refractivity contribution in [2.75, 3.05) is 23.3 Å². The second kappa shape index (κ2) is 6.52. The van der Waals surface area contributed by atoms with Crippen molar-refractivity contribution in [2.24, 2.45) is 0 Å². The van der Waals surface area contributed by atoms with Gasteiger partial charge in [-0.05, 0) is 44.0 Å². The Hall–Kier alpha value is -1.88. The van der Waals surface area contributed by atoms with Crippen LogP contribution in [0.5, 0.6) is 0 Å². The van der Waals surface area contributed by atoms with Crippen molar-refractivity contribution in [3.05, 3.63) is 35.1 Å². The molecule has 2 aromatic rings. The van der Waals surface area contributed by atoms with Crippen LogP contribution in [0.3, 0.4) is 0 Å². The largest absolute Gasteiger partial charge is 0.354 e. The van der Waals surface area contributed by atoms with Crippen molar-refractivity contribution < 1.29 is 0 Å². The molecule has 5 nitrogen and oxygen atoms in total. The Morgan fingerprint density at radius 3 is 2.55 bits per heavy atom. The topological polar surface area (TPSA) is 53.9 Å². The Labute approximate surface area is 124 Å². The van der Waals surface area contributed by atoms with Crippen LogP contribution in [-0.2, 0) is 0 Å². The lowest BCUT2D eigenvalue weighted by atomic mass is 10.2. The Morgan fingerprint density at radius 2 is 1.90 bits per heavy atom. The minimum Gasteiger partial charge on any atom is -0.354 e. The van der Waals surface area contributed by atoms with Crippen LogP contribution >= 0.6 is 11.6 Å². The molecule has 1 aromatic heterocycles. The molecule has 106 valence electrons. The van der Waals surface area contributed by atoms with Gasteiger partial charge < -0.3 is 10.2 Å². The third-order valence-corrected chi connectivity index (χ3v) is 3.06. The van der Waals surface area contributed by atoms with Gasteiger partial charge in [0.25, 0.3) is 0 Å². The van der Waals surface area contributed by atoms with Crippen molar-refractivity contribution in [3.63, 3.8) is 0 Å². The van der Waals surface area contributed by atoms with Gasteiger partial charge in [-0.25, -0.2) is 0 Å². The van der Waals surface area contributed by atoms with Crippen molar-refractivity contribution in [1.29, 1.82) is 0 Å². The maximum Gasteiger partial charge on any atom is 0.236 e. The SMILES string of the molecule is CCNc1nc(Cl)nc(N(CC)c2ccccc2C)n1. The smallest absolute Gasteiger partial charge is 0.236 e. The molecule has 0 spiro atoms. The summed E-state index contributed by atoms with van der Waals surface area (Å²) in [5.74, 6) is 1.05. The molecule has 1 aromatic carbocycles. The Balaban J connectivity index is 2.44. The molecule has 0 saturated heterocycles. The normalized spacial score (nSPS) is 10.4. The van der Waals surface area contributed by atoms with Gasteiger partial charge in [-0.3, -0.25) is 0 Å². The van der Waals surface area contributed by atoms with Gasteiger partial charge in [0.05, 0.1) is 0 Å². The molecule has 0 amide bonds. The molecule has 6 heteroatoms. The van der Waals surface area contributed by atoms with Crippen molar-refractivity contribution in [3.8, 4) is 0 Å². The Kier molecular flexibility index (Phi) is 4.74. The molecule has 1 heterocycles. The fraction of sp³-hybridized carbons (Fsp3) is 0.357. The van der Waals surface area contributed by atoms with Gasteiger partial charge in [-0.1, -0.05) is 18.2 Å². The predicted molar refractivity (Wildman–Crippen MR) is 82.9 cm³/mol. The van der Waals surface area contributed by atoms with E-state index in [1.54, 1.807) is 0 Å². The first-order chi connectivity index (χ1) is 9.65. The van der Waals surface area contributed by atoms with Gasteiger partial charge in [0.15, 0.2) is 0 Å². The lowest BCUT2D eigenvalue weighted by Crippen LogP contribution is -2.21. The molecule has 0 unspecified atom stereocenters. The van der Waals surface area contributed by atoms with E-state index in [9.17, 15) is 0 Å². The lowest BCUT2D eigenvalue weighted by Gasteiger charge is -2.23. The van der Waals surface area contributed by atoms with E-state index in [0.29, 0.717) is 11.9 Å². The van der Waals surface area contributed by atoms with Gasteiger partial charge in [0.2, 0.25) is 17.2 Å². The maximum atomic E-state index is 5.99. The summed E-state index contributed by atoms with van der Waals surface area (Å²) in [7, 11) is 0. The Morgan fingerprint density at radius 1 is 1.15 bits per heavy atom. The number of hydrogen-bond donors (Lipinski definition) is 1. The van der Waals surface area contributed by atoms with Crippen LogP contribution in [0.2, 0.25) is 5.28 Å². The number of aromatic nitrogens is 3. The van der Waals surface area contributed by atoms with E-state index in [2.05, 4.69) is 40.2 Å². The summed E-state index contributed by atoms with van der Waals surface area (Å²) in [5.41, 5.74) is 2.23. The molecule has 0 aliphatic heterocycles. The average molecular weight is 292 g/mol. The van der Waals surface area contributed by atoms with Crippen LogP contribution in [0.25, 0.3) is 0 Å². The van der Waals surface area contributed by atoms with Gasteiger partial charge in [0, 0.05) is 18.8 Å². The highest BCUT2D eigenvalue weighted by Gasteiger charge is 2.14. The zero-order chi connectivity index (χ0) is 14.5. The van der Waals surface area contributed by atoms with Crippen LogP contribution < -0.4 is 10.2 Å². The molecule has 0 fully saturated rings. The number of aryl methyl sites for hydroxylation is 1. The van der Waals surface area contributed by atoms with Crippen LogP contribution in [0.1, 0.15) is 19.4 Å². The van der Waals surface area contributed by atoms with E-state index >= 15 is 0 Å². The lowest BCUT2D eigenvalue weighted by molar-refractivity contribution is 0.914. The number of anilines is 3. The maximum absolute atomic E-state index is 5.99. The van der Waals surface area contributed by atoms with E-state index in [1.165, 1.54) is 0 Å². The fourth-order valence-corrected chi connectivity index (χ4v) is 2.14. The third kappa shape index (κ3) is 3.17. The standard InChI is InChI=1S/C14H18ClN5/c1-4-16-13-17-12(15)18-14(19-13)20(5-2)11-9-7-6-8-10(11)3/h6-9H,4-5H2,1-3H3,(H,16,17,18,19). The first-order valence-electron chi connectivity index (χ1n) is 6.64. The molecule has 0 atom stereocenters. The van der Waals surface area contributed by atoms with Gasteiger partial charge >= 0.3 is 0 Å². The van der Waals surface area contributed by atoms with Gasteiger partial charge in [-0.15, -0.1) is 0 Å². The second-order valence-corrected chi connectivity index (χ2v) is 4.63. The number of nitrogens with zero attached hydrogens (tertiary/aromatic N) is 4. The number of para-hydroxylation sites is 1. The van der Waals surface area contributed by atoms with Crippen molar-refractivity contribution >= 4 is 29.2 Å². The first kappa shape index (κ1) is 14.5. The van der Waals surface area contributed by atoms with Gasteiger partial charge in [0.1, 0.15) is 0 Å². The highest BCUT2D eigenvalue weighted by Crippen LogP contribution is 2.26. The van der Waals surface area contributed by atoms with Crippen molar-refractivity contribution in [1.82, 2.24) is 15.0 Å². The molecule has 2 rings (SSSR count). The number of benzene rings is 1. The van der Waals surface area contributed by atoms with E-state index in [1.807, 2.05) is 30.0 Å². The van der Waals surface area contributed by atoms with Crippen molar-refractivity contribution in [2.45, 2.75) is 20.8 Å². The fourth-order valence-electron chi connectivity index (χ4n) is 1.98. The molecule has 0 radical (unpaired) electrons. The summed E-state index contributed by atoms with van der Waals surface area (Å²) < 4.78 is 0. The average Bonchev–Trinajstić information content (AvgIpc) is 2.41.